The highest BCUT2D eigenvalue weighted by atomic mass is 19.1. The Balaban J connectivity index is 1.99. The molecule has 1 atom stereocenters. The van der Waals surface area contributed by atoms with Crippen LogP contribution in [0.25, 0.3) is 0 Å². The van der Waals surface area contributed by atoms with Crippen molar-refractivity contribution in [3.63, 3.8) is 0 Å². The molecule has 1 aromatic rings. The van der Waals surface area contributed by atoms with E-state index < -0.39 is 0 Å². The fourth-order valence-electron chi connectivity index (χ4n) is 2.29. The molecule has 1 aromatic carbocycles. The molecule has 1 unspecified atom stereocenters. The molecule has 0 bridgehead atoms. The summed E-state index contributed by atoms with van der Waals surface area (Å²) in [7, 11) is 1.97. The van der Waals surface area contributed by atoms with Crippen LogP contribution in [-0.2, 0) is 11.3 Å². The van der Waals surface area contributed by atoms with Crippen LogP contribution in [-0.4, -0.2) is 31.2 Å². The van der Waals surface area contributed by atoms with Gasteiger partial charge in [-0.05, 0) is 43.7 Å². The number of hydrogen-bond acceptors (Lipinski definition) is 3. The zero-order valence-electron chi connectivity index (χ0n) is 10.5. The molecule has 0 aromatic heterocycles. The molecule has 1 aliphatic rings. The normalized spacial score (nSPS) is 19.1. The highest BCUT2D eigenvalue weighted by Crippen LogP contribution is 2.16. The van der Waals surface area contributed by atoms with Crippen LogP contribution in [0.5, 0.6) is 0 Å². The Labute approximate surface area is 107 Å². The zero-order chi connectivity index (χ0) is 13.0. The Morgan fingerprint density at radius 1 is 1.56 bits per heavy atom. The first-order chi connectivity index (χ1) is 8.69. The van der Waals surface area contributed by atoms with Gasteiger partial charge in [-0.2, -0.15) is 5.26 Å². The predicted octanol–water partition coefficient (Wildman–Crippen LogP) is 2.31. The van der Waals surface area contributed by atoms with Crippen LogP contribution >= 0.6 is 0 Å². The summed E-state index contributed by atoms with van der Waals surface area (Å²) < 4.78 is 18.7. The minimum atomic E-state index is -0.297. The Morgan fingerprint density at radius 2 is 2.39 bits per heavy atom. The molecule has 0 aliphatic carbocycles. The van der Waals surface area contributed by atoms with Crippen molar-refractivity contribution in [1.82, 2.24) is 4.90 Å². The van der Waals surface area contributed by atoms with Gasteiger partial charge < -0.3 is 4.74 Å². The molecule has 0 amide bonds. The molecule has 2 rings (SSSR count). The molecular weight excluding hydrogens is 231 g/mol. The molecule has 0 N–H and O–H groups in total. The van der Waals surface area contributed by atoms with E-state index in [-0.39, 0.29) is 11.9 Å². The van der Waals surface area contributed by atoms with Gasteiger partial charge in [-0.1, -0.05) is 0 Å². The van der Waals surface area contributed by atoms with Gasteiger partial charge in [-0.3, -0.25) is 4.90 Å². The molecule has 1 saturated heterocycles. The van der Waals surface area contributed by atoms with Gasteiger partial charge in [0.2, 0.25) is 0 Å². The van der Waals surface area contributed by atoms with Crippen molar-refractivity contribution >= 4 is 0 Å². The number of rotatable bonds is 4. The minimum absolute atomic E-state index is 0.272. The molecule has 0 radical (unpaired) electrons. The van der Waals surface area contributed by atoms with Crippen LogP contribution in [0.2, 0.25) is 0 Å². The Morgan fingerprint density at radius 3 is 3.06 bits per heavy atom. The van der Waals surface area contributed by atoms with Crippen molar-refractivity contribution in [3.05, 3.63) is 35.1 Å². The molecule has 1 fully saturated rings. The van der Waals surface area contributed by atoms with E-state index in [2.05, 4.69) is 11.0 Å². The number of likely N-dealkylation sites (N-methyl/N-ethyl adjacent to an activating group) is 1. The second-order valence-electron chi connectivity index (χ2n) is 4.75. The highest BCUT2D eigenvalue weighted by molar-refractivity contribution is 5.37. The zero-order valence-corrected chi connectivity index (χ0v) is 10.5. The van der Waals surface area contributed by atoms with Crippen LogP contribution < -0.4 is 0 Å². The molecule has 0 spiro atoms. The van der Waals surface area contributed by atoms with E-state index in [1.165, 1.54) is 18.2 Å². The number of benzene rings is 1. The van der Waals surface area contributed by atoms with Crippen LogP contribution in [0.15, 0.2) is 18.2 Å². The fraction of sp³-hybridized carbons (Fsp3) is 0.500. The number of halogens is 1. The van der Waals surface area contributed by atoms with Crippen molar-refractivity contribution in [2.75, 3.05) is 20.2 Å². The molecular formula is C14H17FN2O. The summed E-state index contributed by atoms with van der Waals surface area (Å²) in [6, 6.07) is 6.39. The molecule has 18 heavy (non-hydrogen) atoms. The first-order valence-electron chi connectivity index (χ1n) is 6.17. The summed E-state index contributed by atoms with van der Waals surface area (Å²) in [4.78, 5) is 2.08. The van der Waals surface area contributed by atoms with Gasteiger partial charge in [0, 0.05) is 19.7 Å². The lowest BCUT2D eigenvalue weighted by molar-refractivity contribution is 0.0793. The number of nitriles is 1. The Kier molecular flexibility index (Phi) is 4.29. The molecule has 0 saturated carbocycles. The SMILES string of the molecule is CN(Cc1cc(F)ccc1C#N)CC1CCCO1. The lowest BCUT2D eigenvalue weighted by Gasteiger charge is -2.21. The molecule has 3 nitrogen and oxygen atoms in total. The summed E-state index contributed by atoms with van der Waals surface area (Å²) in [6.07, 6.45) is 2.47. The average molecular weight is 248 g/mol. The van der Waals surface area contributed by atoms with E-state index >= 15 is 0 Å². The second-order valence-corrected chi connectivity index (χ2v) is 4.75. The van der Waals surface area contributed by atoms with Gasteiger partial charge in [-0.15, -0.1) is 0 Å². The van der Waals surface area contributed by atoms with Crippen molar-refractivity contribution < 1.29 is 9.13 Å². The van der Waals surface area contributed by atoms with E-state index in [4.69, 9.17) is 10.00 Å². The number of hydrogen-bond donors (Lipinski definition) is 0. The van der Waals surface area contributed by atoms with Gasteiger partial charge in [0.15, 0.2) is 0 Å². The molecule has 96 valence electrons. The first-order valence-corrected chi connectivity index (χ1v) is 6.17. The molecule has 4 heteroatoms. The van der Waals surface area contributed by atoms with E-state index in [9.17, 15) is 4.39 Å². The third-order valence-corrected chi connectivity index (χ3v) is 3.17. The third kappa shape index (κ3) is 3.28. The van der Waals surface area contributed by atoms with Gasteiger partial charge >= 0.3 is 0 Å². The topological polar surface area (TPSA) is 36.3 Å². The van der Waals surface area contributed by atoms with Crippen LogP contribution in [0.4, 0.5) is 4.39 Å². The summed E-state index contributed by atoms with van der Waals surface area (Å²) in [5.74, 6) is -0.297. The van der Waals surface area contributed by atoms with Gasteiger partial charge in [0.05, 0.1) is 17.7 Å². The maximum Gasteiger partial charge on any atom is 0.123 e. The third-order valence-electron chi connectivity index (χ3n) is 3.17. The quantitative estimate of drug-likeness (QED) is 0.820. The van der Waals surface area contributed by atoms with Crippen LogP contribution in [0.1, 0.15) is 24.0 Å². The van der Waals surface area contributed by atoms with Crippen molar-refractivity contribution in [3.8, 4) is 6.07 Å². The van der Waals surface area contributed by atoms with Crippen LogP contribution in [0, 0.1) is 17.1 Å². The minimum Gasteiger partial charge on any atom is -0.377 e. The van der Waals surface area contributed by atoms with Crippen molar-refractivity contribution in [2.24, 2.45) is 0 Å². The first kappa shape index (κ1) is 13.0. The van der Waals surface area contributed by atoms with Gasteiger partial charge in [0.1, 0.15) is 5.82 Å². The van der Waals surface area contributed by atoms with Crippen molar-refractivity contribution in [1.29, 1.82) is 5.26 Å². The second kappa shape index (κ2) is 5.94. The highest BCUT2D eigenvalue weighted by Gasteiger charge is 2.18. The Hall–Kier alpha value is -1.44. The monoisotopic (exact) mass is 248 g/mol. The van der Waals surface area contributed by atoms with Gasteiger partial charge in [0.25, 0.3) is 0 Å². The number of ether oxygens (including phenoxy) is 1. The van der Waals surface area contributed by atoms with E-state index in [0.29, 0.717) is 12.1 Å². The molecule has 1 aliphatic heterocycles. The standard InChI is InChI=1S/C14H17FN2O/c1-17(10-14-3-2-6-18-14)9-12-7-13(15)5-4-11(12)8-16/h4-5,7,14H,2-3,6,9-10H2,1H3. The fourth-order valence-corrected chi connectivity index (χ4v) is 2.29. The van der Waals surface area contributed by atoms with Crippen molar-refractivity contribution in [2.45, 2.75) is 25.5 Å². The summed E-state index contributed by atoms with van der Waals surface area (Å²) >= 11 is 0. The molecule has 1 heterocycles. The predicted molar refractivity (Wildman–Crippen MR) is 66.4 cm³/mol. The summed E-state index contributed by atoms with van der Waals surface area (Å²) in [5.41, 5.74) is 1.27. The van der Waals surface area contributed by atoms with E-state index in [1.807, 2.05) is 7.05 Å². The smallest absolute Gasteiger partial charge is 0.123 e. The largest absolute Gasteiger partial charge is 0.377 e. The maximum atomic E-state index is 13.2. The van der Waals surface area contributed by atoms with Gasteiger partial charge in [-0.25, -0.2) is 4.39 Å². The number of nitrogens with zero attached hydrogens (tertiary/aromatic N) is 2. The van der Waals surface area contributed by atoms with E-state index in [0.717, 1.165) is 31.6 Å². The van der Waals surface area contributed by atoms with Crippen LogP contribution in [0.3, 0.4) is 0 Å². The lowest BCUT2D eigenvalue weighted by atomic mass is 10.1. The summed E-state index contributed by atoms with van der Waals surface area (Å²) in [5, 5.41) is 8.99. The van der Waals surface area contributed by atoms with E-state index in [1.54, 1.807) is 0 Å². The average Bonchev–Trinajstić information content (AvgIpc) is 2.82. The Bertz CT molecular complexity index is 450. The summed E-state index contributed by atoms with van der Waals surface area (Å²) in [6.45, 7) is 2.23. The maximum absolute atomic E-state index is 13.2. The lowest BCUT2D eigenvalue weighted by Crippen LogP contribution is -2.28.